The molecule has 1 saturated heterocycles. The Morgan fingerprint density at radius 3 is 2.54 bits per heavy atom. The molecule has 1 aliphatic heterocycles. The summed E-state index contributed by atoms with van der Waals surface area (Å²) in [4.78, 5) is 13.4. The maximum Gasteiger partial charge on any atom is 0.135 e. The van der Waals surface area contributed by atoms with Crippen molar-refractivity contribution in [1.82, 2.24) is 4.90 Å². The van der Waals surface area contributed by atoms with Gasteiger partial charge in [-0.05, 0) is 12.3 Å². The Morgan fingerprint density at radius 2 is 2.00 bits per heavy atom. The summed E-state index contributed by atoms with van der Waals surface area (Å²) >= 11 is 0. The van der Waals surface area contributed by atoms with Crippen LogP contribution in [0.4, 0.5) is 0 Å². The highest BCUT2D eigenvalue weighted by Crippen LogP contribution is 2.11. The predicted octanol–water partition coefficient (Wildman–Crippen LogP) is 2.09. The van der Waals surface area contributed by atoms with Crippen LogP contribution < -0.4 is 0 Å². The molecule has 1 unspecified atom stereocenters. The first-order valence-corrected chi connectivity index (χ1v) is 5.46. The van der Waals surface area contributed by atoms with Gasteiger partial charge in [0, 0.05) is 32.5 Å². The van der Waals surface area contributed by atoms with Crippen molar-refractivity contribution in [1.29, 1.82) is 0 Å². The van der Waals surface area contributed by atoms with E-state index in [0.29, 0.717) is 5.78 Å². The Bertz CT molecular complexity index is 157. The van der Waals surface area contributed by atoms with E-state index in [4.69, 9.17) is 0 Å². The second-order valence-electron chi connectivity index (χ2n) is 4.23. The summed E-state index contributed by atoms with van der Waals surface area (Å²) in [5.41, 5.74) is 0. The average molecular weight is 183 g/mol. The van der Waals surface area contributed by atoms with Crippen molar-refractivity contribution in [2.75, 3.05) is 19.6 Å². The number of ketones is 1. The maximum absolute atomic E-state index is 11.0. The highest BCUT2D eigenvalue weighted by Gasteiger charge is 2.17. The molecule has 0 bridgehead atoms. The molecule has 13 heavy (non-hydrogen) atoms. The molecule has 76 valence electrons. The molecule has 0 aromatic heterocycles. The lowest BCUT2D eigenvalue weighted by Crippen LogP contribution is -2.36. The summed E-state index contributed by atoms with van der Waals surface area (Å²) in [6, 6.07) is 0. The molecule has 0 radical (unpaired) electrons. The number of nitrogens with zero attached hydrogens (tertiary/aromatic N) is 1. The number of hydrogen-bond acceptors (Lipinski definition) is 2. The average Bonchev–Trinajstić information content (AvgIpc) is 2.09. The summed E-state index contributed by atoms with van der Waals surface area (Å²) in [5, 5.41) is 0. The molecule has 0 aromatic rings. The van der Waals surface area contributed by atoms with Crippen molar-refractivity contribution < 1.29 is 4.79 Å². The van der Waals surface area contributed by atoms with Crippen molar-refractivity contribution >= 4 is 5.78 Å². The van der Waals surface area contributed by atoms with Gasteiger partial charge < -0.3 is 4.90 Å². The zero-order valence-corrected chi connectivity index (χ0v) is 8.88. The van der Waals surface area contributed by atoms with Crippen LogP contribution in [0.15, 0.2) is 0 Å². The van der Waals surface area contributed by atoms with Gasteiger partial charge in [-0.3, -0.25) is 4.79 Å². The van der Waals surface area contributed by atoms with Gasteiger partial charge in [0.1, 0.15) is 5.78 Å². The lowest BCUT2D eigenvalue weighted by atomic mass is 10.0. The number of rotatable bonds is 4. The number of likely N-dealkylation sites (tertiary alicyclic amines) is 1. The van der Waals surface area contributed by atoms with Gasteiger partial charge in [0.15, 0.2) is 0 Å². The Balaban J connectivity index is 2.18. The molecular formula is C11H21NO. The molecule has 1 fully saturated rings. The van der Waals surface area contributed by atoms with Crippen molar-refractivity contribution in [2.24, 2.45) is 5.92 Å². The first kappa shape index (κ1) is 10.7. The van der Waals surface area contributed by atoms with Crippen molar-refractivity contribution in [2.45, 2.75) is 39.5 Å². The molecule has 1 atom stereocenters. The van der Waals surface area contributed by atoms with Gasteiger partial charge in [0.25, 0.3) is 0 Å². The molecule has 0 N–H and O–H groups in total. The first-order chi connectivity index (χ1) is 6.22. The molecule has 0 spiro atoms. The zero-order valence-electron chi connectivity index (χ0n) is 8.88. The van der Waals surface area contributed by atoms with Crippen LogP contribution in [-0.4, -0.2) is 30.3 Å². The number of hydrogen-bond donors (Lipinski definition) is 0. The highest BCUT2D eigenvalue weighted by atomic mass is 16.1. The fourth-order valence-corrected chi connectivity index (χ4v) is 2.01. The van der Waals surface area contributed by atoms with Crippen LogP contribution in [0, 0.1) is 5.92 Å². The molecule has 2 heteroatoms. The van der Waals surface area contributed by atoms with E-state index in [0.717, 1.165) is 31.8 Å². The molecule has 2 nitrogen and oxygen atoms in total. The van der Waals surface area contributed by atoms with Crippen LogP contribution in [0.2, 0.25) is 0 Å². The van der Waals surface area contributed by atoms with Crippen LogP contribution in [0.1, 0.15) is 39.5 Å². The second-order valence-corrected chi connectivity index (χ2v) is 4.23. The van der Waals surface area contributed by atoms with Crippen LogP contribution in [0.3, 0.4) is 0 Å². The molecule has 1 heterocycles. The fourth-order valence-electron chi connectivity index (χ4n) is 2.01. The minimum atomic E-state index is 0.444. The van der Waals surface area contributed by atoms with Gasteiger partial charge in [0.2, 0.25) is 0 Å². The normalized spacial score (nSPS) is 21.8. The number of carbonyl (C=O) groups is 1. The summed E-state index contributed by atoms with van der Waals surface area (Å²) in [5.74, 6) is 1.23. The molecule has 0 amide bonds. The number of carbonyl (C=O) groups excluding carboxylic acids is 1. The van der Waals surface area contributed by atoms with E-state index in [9.17, 15) is 4.79 Å². The van der Waals surface area contributed by atoms with Crippen molar-refractivity contribution in [3.8, 4) is 0 Å². The molecule has 0 aliphatic carbocycles. The topological polar surface area (TPSA) is 20.3 Å². The van der Waals surface area contributed by atoms with Gasteiger partial charge in [-0.15, -0.1) is 0 Å². The van der Waals surface area contributed by atoms with Crippen molar-refractivity contribution in [3.63, 3.8) is 0 Å². The second kappa shape index (κ2) is 5.38. The first-order valence-electron chi connectivity index (χ1n) is 5.46. The van der Waals surface area contributed by atoms with E-state index < -0.39 is 0 Å². The highest BCUT2D eigenvalue weighted by molar-refractivity contribution is 5.79. The smallest absolute Gasteiger partial charge is 0.135 e. The van der Waals surface area contributed by atoms with E-state index in [1.165, 1.54) is 19.4 Å². The standard InChI is InChI=1S/C11H21NO/c1-3-4-10(2)9-12-7-5-11(13)6-8-12/h10H,3-9H2,1-2H3. The molecular weight excluding hydrogens is 162 g/mol. The molecule has 0 aromatic carbocycles. The fraction of sp³-hybridized carbons (Fsp3) is 0.909. The van der Waals surface area contributed by atoms with Crippen LogP contribution in [0.5, 0.6) is 0 Å². The lowest BCUT2D eigenvalue weighted by Gasteiger charge is -2.28. The summed E-state index contributed by atoms with van der Waals surface area (Å²) < 4.78 is 0. The Kier molecular flexibility index (Phi) is 4.43. The van der Waals surface area contributed by atoms with Gasteiger partial charge in [-0.1, -0.05) is 20.3 Å². The minimum Gasteiger partial charge on any atom is -0.302 e. The number of Topliss-reactive ketones (excluding diaryl/α,β-unsaturated/α-hetero) is 1. The maximum atomic E-state index is 11.0. The third kappa shape index (κ3) is 3.90. The van der Waals surface area contributed by atoms with Crippen molar-refractivity contribution in [3.05, 3.63) is 0 Å². The summed E-state index contributed by atoms with van der Waals surface area (Å²) in [6.45, 7) is 7.71. The lowest BCUT2D eigenvalue weighted by molar-refractivity contribution is -0.121. The largest absolute Gasteiger partial charge is 0.302 e. The minimum absolute atomic E-state index is 0.444. The van der Waals surface area contributed by atoms with E-state index in [1.807, 2.05) is 0 Å². The molecule has 0 saturated carbocycles. The zero-order chi connectivity index (χ0) is 9.68. The summed E-state index contributed by atoms with van der Waals surface area (Å²) in [6.07, 6.45) is 4.13. The van der Waals surface area contributed by atoms with E-state index in [-0.39, 0.29) is 0 Å². The van der Waals surface area contributed by atoms with Crippen LogP contribution in [0.25, 0.3) is 0 Å². The van der Waals surface area contributed by atoms with Crippen LogP contribution >= 0.6 is 0 Å². The van der Waals surface area contributed by atoms with E-state index >= 15 is 0 Å². The van der Waals surface area contributed by atoms with Gasteiger partial charge in [0.05, 0.1) is 0 Å². The van der Waals surface area contributed by atoms with Gasteiger partial charge >= 0.3 is 0 Å². The predicted molar refractivity (Wildman–Crippen MR) is 54.8 cm³/mol. The van der Waals surface area contributed by atoms with Gasteiger partial charge in [-0.2, -0.15) is 0 Å². The molecule has 1 aliphatic rings. The Morgan fingerprint density at radius 1 is 1.38 bits per heavy atom. The quantitative estimate of drug-likeness (QED) is 0.665. The van der Waals surface area contributed by atoms with E-state index in [1.54, 1.807) is 0 Å². The molecule has 1 rings (SSSR count). The summed E-state index contributed by atoms with van der Waals surface area (Å²) in [7, 11) is 0. The SMILES string of the molecule is CCCC(C)CN1CCC(=O)CC1. The van der Waals surface area contributed by atoms with E-state index in [2.05, 4.69) is 18.7 Å². The van der Waals surface area contributed by atoms with Crippen LogP contribution in [-0.2, 0) is 4.79 Å². The Labute approximate surface area is 81.3 Å². The third-order valence-corrected chi connectivity index (χ3v) is 2.77. The van der Waals surface area contributed by atoms with Gasteiger partial charge in [-0.25, -0.2) is 0 Å². The third-order valence-electron chi connectivity index (χ3n) is 2.77. The monoisotopic (exact) mass is 183 g/mol. The number of piperidine rings is 1. The Hall–Kier alpha value is -0.370.